The van der Waals surface area contributed by atoms with E-state index in [1.54, 1.807) is 0 Å². The minimum absolute atomic E-state index is 1.20. The summed E-state index contributed by atoms with van der Waals surface area (Å²) in [5, 5.41) is 4.89. The van der Waals surface area contributed by atoms with E-state index in [2.05, 4.69) is 37.1 Å². The summed E-state index contributed by atoms with van der Waals surface area (Å²) in [5.41, 5.74) is 0. The second kappa shape index (κ2) is 10.3. The smallest absolute Gasteiger partial charge is 0.0346 e. The first kappa shape index (κ1) is 22.7. The number of fused-ring (bicyclic) bond motifs is 2. The summed E-state index contributed by atoms with van der Waals surface area (Å²) in [5.74, 6) is 0. The van der Waals surface area contributed by atoms with Crippen LogP contribution in [0.25, 0.3) is 21.5 Å². The van der Waals surface area contributed by atoms with Crippen LogP contribution in [0.15, 0.2) is 85.5 Å². The normalized spacial score (nSPS) is 11.1. The Kier molecular flexibility index (Phi) is 8.03. The summed E-state index contributed by atoms with van der Waals surface area (Å²) in [6.45, 7) is 0. The van der Waals surface area contributed by atoms with Gasteiger partial charge in [-0.25, -0.2) is 0 Å². The summed E-state index contributed by atoms with van der Waals surface area (Å²) in [4.78, 5) is 8.03. The maximum Gasteiger partial charge on any atom is 0.0346 e. The van der Waals surface area contributed by atoms with E-state index in [9.17, 15) is 15.2 Å². The van der Waals surface area contributed by atoms with Crippen LogP contribution < -0.4 is 0 Å². The fourth-order valence-corrected chi connectivity index (χ4v) is 3.90. The summed E-state index contributed by atoms with van der Waals surface area (Å²) in [6.07, 6.45) is 7.36. The van der Waals surface area contributed by atoms with Gasteiger partial charge >= 0.3 is 53.6 Å². The van der Waals surface area contributed by atoms with E-state index in [-0.39, 0.29) is 0 Å². The number of aromatic nitrogens is 2. The zero-order valence-electron chi connectivity index (χ0n) is 14.7. The number of hydrogen-bond acceptors (Lipinski definition) is 7. The van der Waals surface area contributed by atoms with Crippen molar-refractivity contribution in [2.24, 2.45) is 0 Å². The van der Waals surface area contributed by atoms with Crippen molar-refractivity contribution in [1.29, 1.82) is 0 Å². The van der Waals surface area contributed by atoms with Crippen LogP contribution in [0, 0.1) is 0 Å². The second-order valence-electron chi connectivity index (χ2n) is 5.37. The summed E-state index contributed by atoms with van der Waals surface area (Å²) >= 11 is -11.5. The van der Waals surface area contributed by atoms with E-state index in [1.165, 1.54) is 21.5 Å². The van der Waals surface area contributed by atoms with Gasteiger partial charge < -0.3 is 0 Å². The fraction of sp³-hybridized carbons (Fsp3) is 0. The van der Waals surface area contributed by atoms with Gasteiger partial charge in [-0.3, -0.25) is 9.97 Å². The Morgan fingerprint density at radius 2 is 0.931 bits per heavy atom. The first-order valence-electron chi connectivity index (χ1n) is 7.87. The molecule has 11 heteroatoms. The van der Waals surface area contributed by atoms with Crippen LogP contribution in [0.3, 0.4) is 0 Å². The molecule has 2 aromatic carbocycles. The zero-order valence-corrected chi connectivity index (χ0v) is 17.3. The number of benzene rings is 2. The number of rotatable bonds is 2. The number of pyridine rings is 2. The van der Waals surface area contributed by atoms with Gasteiger partial charge in [-0.15, -0.1) is 0 Å². The molecule has 29 heavy (non-hydrogen) atoms. The molecule has 0 saturated heterocycles. The molecule has 0 aliphatic heterocycles. The van der Waals surface area contributed by atoms with Crippen LogP contribution in [0.5, 0.6) is 0 Å². The molecule has 0 atom stereocenters. The molecule has 4 aromatic rings. The van der Waals surface area contributed by atoms with Crippen molar-refractivity contribution in [2.45, 2.75) is 0 Å². The number of hydrogen-bond donors (Lipinski definition) is 2. The molecule has 2 N–H and O–H groups in total. The van der Waals surface area contributed by atoms with Crippen molar-refractivity contribution >= 4 is 21.5 Å². The van der Waals surface area contributed by atoms with Crippen LogP contribution in [-0.2, 0) is 45.3 Å². The molecule has 0 amide bonds. The monoisotopic (exact) mass is 476 g/mol. The SMILES string of the molecule is [O]=[Cr](=[O])([OH])[O][Cr](=[O])(=[O])[OH].c1ccc2cnccc2c1.c1ccc2cnccc2c1. The third-order valence-corrected chi connectivity index (χ3v) is 6.02. The van der Waals surface area contributed by atoms with Gasteiger partial charge in [-0.1, -0.05) is 48.5 Å². The molecule has 4 rings (SSSR count). The first-order chi connectivity index (χ1) is 13.6. The van der Waals surface area contributed by atoms with E-state index >= 15 is 0 Å². The van der Waals surface area contributed by atoms with E-state index < -0.39 is 27.2 Å². The molecule has 2 aromatic heterocycles. The average molecular weight is 476 g/mol. The largest absolute Gasteiger partial charge is 0.264 e. The van der Waals surface area contributed by atoms with E-state index in [0.717, 1.165) is 0 Å². The second-order valence-corrected chi connectivity index (χ2v) is 9.13. The van der Waals surface area contributed by atoms with Crippen molar-refractivity contribution < 1.29 is 53.6 Å². The molecule has 0 unspecified atom stereocenters. The van der Waals surface area contributed by atoms with Crippen LogP contribution >= 0.6 is 0 Å². The maximum atomic E-state index is 9.53. The van der Waals surface area contributed by atoms with Gasteiger partial charge in [0.15, 0.2) is 0 Å². The van der Waals surface area contributed by atoms with Crippen LogP contribution in [0.4, 0.5) is 0 Å². The molecule has 2 heterocycles. The molecule has 0 saturated carbocycles. The van der Waals surface area contributed by atoms with Gasteiger partial charge in [0, 0.05) is 24.8 Å². The first-order valence-corrected chi connectivity index (χ1v) is 12.1. The molecule has 0 fully saturated rings. The maximum absolute atomic E-state index is 9.53. The van der Waals surface area contributed by atoms with Crippen molar-refractivity contribution in [3.8, 4) is 0 Å². The van der Waals surface area contributed by atoms with Gasteiger partial charge in [-0.2, -0.15) is 0 Å². The Morgan fingerprint density at radius 1 is 0.586 bits per heavy atom. The fourth-order valence-electron chi connectivity index (χ4n) is 2.16. The van der Waals surface area contributed by atoms with Gasteiger partial charge in [0.05, 0.1) is 0 Å². The van der Waals surface area contributed by atoms with Crippen molar-refractivity contribution in [1.82, 2.24) is 9.97 Å². The summed E-state index contributed by atoms with van der Waals surface area (Å²) in [7, 11) is 0. The molecule has 0 radical (unpaired) electrons. The topological polar surface area (TPSA) is 144 Å². The Labute approximate surface area is 170 Å². The van der Waals surface area contributed by atoms with Crippen molar-refractivity contribution in [3.05, 3.63) is 85.5 Å². The Morgan fingerprint density at radius 3 is 1.21 bits per heavy atom. The van der Waals surface area contributed by atoms with Gasteiger partial charge in [0.1, 0.15) is 0 Å². The predicted octanol–water partition coefficient (Wildman–Crippen LogP) is 2.81. The average Bonchev–Trinajstić information content (AvgIpc) is 2.66. The molecule has 0 bridgehead atoms. The molecule has 0 aliphatic carbocycles. The van der Waals surface area contributed by atoms with Crippen molar-refractivity contribution in [2.75, 3.05) is 0 Å². The molecule has 152 valence electrons. The quantitative estimate of drug-likeness (QED) is 0.446. The Balaban J connectivity index is 0.000000156. The molecule has 9 nitrogen and oxygen atoms in total. The molecule has 0 spiro atoms. The Bertz CT molecular complexity index is 1060. The third kappa shape index (κ3) is 8.96. The Hall–Kier alpha value is -2.60. The predicted molar refractivity (Wildman–Crippen MR) is 91.8 cm³/mol. The van der Waals surface area contributed by atoms with Crippen LogP contribution in [0.1, 0.15) is 0 Å². The molecular weight excluding hydrogens is 460 g/mol. The van der Waals surface area contributed by atoms with Gasteiger partial charge in [-0.05, 0) is 33.7 Å². The third-order valence-electron chi connectivity index (χ3n) is 3.27. The van der Waals surface area contributed by atoms with E-state index in [0.29, 0.717) is 0 Å². The van der Waals surface area contributed by atoms with Gasteiger partial charge in [0.2, 0.25) is 0 Å². The van der Waals surface area contributed by atoms with E-state index in [4.69, 9.17) is 8.32 Å². The standard InChI is InChI=1S/2C9H7N.2Cr.2H2O.5O/c2*1-2-4-9-7-10-6-5-8(9)3-1;;;;;;;;;/h2*1-7H;;;2*1H2;;;;;/q;;2*+1;;;;;;;/p-2. The summed E-state index contributed by atoms with van der Waals surface area (Å²) in [6, 6.07) is 20.4. The zero-order chi connectivity index (χ0) is 21.3. The van der Waals surface area contributed by atoms with Crippen LogP contribution in [0.2, 0.25) is 0 Å². The molecular formula is C18H16Cr2N2O7. The van der Waals surface area contributed by atoms with E-state index in [1.807, 2.05) is 61.2 Å². The van der Waals surface area contributed by atoms with Crippen LogP contribution in [-0.4, -0.2) is 18.3 Å². The van der Waals surface area contributed by atoms with Crippen molar-refractivity contribution in [3.63, 3.8) is 0 Å². The summed E-state index contributed by atoms with van der Waals surface area (Å²) < 4.78 is 56.3. The molecule has 0 aliphatic rings. The number of nitrogens with zero attached hydrogens (tertiary/aromatic N) is 2. The minimum atomic E-state index is -5.76. The van der Waals surface area contributed by atoms with Gasteiger partial charge in [0.25, 0.3) is 0 Å². The minimum Gasteiger partial charge on any atom is -0.264 e.